The molecule has 2 fully saturated rings. The second-order valence-electron chi connectivity index (χ2n) is 6.22. The van der Waals surface area contributed by atoms with Crippen molar-refractivity contribution in [1.29, 1.82) is 0 Å². The van der Waals surface area contributed by atoms with Crippen molar-refractivity contribution in [2.45, 2.75) is 44.6 Å². The number of methoxy groups -OCH3 is 1. The smallest absolute Gasteiger partial charge is 0.307 e. The molecule has 0 radical (unpaired) electrons. The Bertz CT molecular complexity index is 447. The standard InChI is InChI=1S/C16H28N4O3/c1-17-16(18-9-7-14(21)23-2)19-13-8-10-20(11-13)15(22)12-5-3-4-6-12/h12-13H,3-11H2,1-2H3,(H2,17,18,19). The first-order valence-electron chi connectivity index (χ1n) is 8.46. The van der Waals surface area contributed by atoms with Crippen molar-refractivity contribution in [1.82, 2.24) is 15.5 Å². The summed E-state index contributed by atoms with van der Waals surface area (Å²) in [4.78, 5) is 29.7. The Morgan fingerprint density at radius 3 is 2.65 bits per heavy atom. The molecule has 1 aliphatic heterocycles. The maximum absolute atomic E-state index is 12.4. The minimum absolute atomic E-state index is 0.213. The number of nitrogens with zero attached hydrogens (tertiary/aromatic N) is 2. The number of carbonyl (C=O) groups excluding carboxylic acids is 2. The zero-order valence-corrected chi connectivity index (χ0v) is 14.1. The summed E-state index contributed by atoms with van der Waals surface area (Å²) in [7, 11) is 3.08. The van der Waals surface area contributed by atoms with Gasteiger partial charge < -0.3 is 20.3 Å². The van der Waals surface area contributed by atoms with Gasteiger partial charge >= 0.3 is 5.97 Å². The zero-order chi connectivity index (χ0) is 16.7. The number of amides is 1. The highest BCUT2D eigenvalue weighted by Gasteiger charge is 2.32. The van der Waals surface area contributed by atoms with Gasteiger partial charge in [-0.2, -0.15) is 0 Å². The molecular weight excluding hydrogens is 296 g/mol. The van der Waals surface area contributed by atoms with E-state index < -0.39 is 0 Å². The van der Waals surface area contributed by atoms with Gasteiger partial charge in [0.05, 0.1) is 13.5 Å². The first-order valence-corrected chi connectivity index (χ1v) is 8.46. The van der Waals surface area contributed by atoms with E-state index in [1.807, 2.05) is 4.90 Å². The number of rotatable bonds is 5. The lowest BCUT2D eigenvalue weighted by Crippen LogP contribution is -2.45. The number of ether oxygens (including phenoxy) is 1. The van der Waals surface area contributed by atoms with Crippen molar-refractivity contribution in [3.8, 4) is 0 Å². The molecule has 7 heteroatoms. The average molecular weight is 324 g/mol. The maximum Gasteiger partial charge on any atom is 0.307 e. The summed E-state index contributed by atoms with van der Waals surface area (Å²) in [5.74, 6) is 0.975. The minimum Gasteiger partial charge on any atom is -0.469 e. The van der Waals surface area contributed by atoms with Crippen LogP contribution in [0.15, 0.2) is 4.99 Å². The number of nitrogens with one attached hydrogen (secondary N) is 2. The van der Waals surface area contributed by atoms with Crippen molar-refractivity contribution >= 4 is 17.8 Å². The molecule has 2 rings (SSSR count). The lowest BCUT2D eigenvalue weighted by Gasteiger charge is -2.21. The quantitative estimate of drug-likeness (QED) is 0.437. The first-order chi connectivity index (χ1) is 11.1. The molecule has 0 aromatic heterocycles. The number of guanidine groups is 1. The molecule has 0 bridgehead atoms. The highest BCUT2D eigenvalue weighted by Crippen LogP contribution is 2.27. The number of hydrogen-bond donors (Lipinski definition) is 2. The Kier molecular flexibility index (Phi) is 6.67. The van der Waals surface area contributed by atoms with E-state index in [2.05, 4.69) is 20.4 Å². The van der Waals surface area contributed by atoms with Gasteiger partial charge in [-0.05, 0) is 19.3 Å². The first kappa shape index (κ1) is 17.6. The highest BCUT2D eigenvalue weighted by molar-refractivity contribution is 5.82. The van der Waals surface area contributed by atoms with E-state index in [0.29, 0.717) is 24.8 Å². The number of carbonyl (C=O) groups is 2. The van der Waals surface area contributed by atoms with Crippen LogP contribution in [0.1, 0.15) is 38.5 Å². The van der Waals surface area contributed by atoms with E-state index in [4.69, 9.17) is 0 Å². The Balaban J connectivity index is 1.72. The molecule has 0 spiro atoms. The summed E-state index contributed by atoms with van der Waals surface area (Å²) >= 11 is 0. The Morgan fingerprint density at radius 1 is 1.26 bits per heavy atom. The van der Waals surface area contributed by atoms with Gasteiger partial charge in [-0.25, -0.2) is 0 Å². The topological polar surface area (TPSA) is 83.0 Å². The van der Waals surface area contributed by atoms with Crippen molar-refractivity contribution in [2.24, 2.45) is 10.9 Å². The van der Waals surface area contributed by atoms with E-state index in [1.54, 1.807) is 7.05 Å². The number of esters is 1. The predicted molar refractivity (Wildman–Crippen MR) is 88.1 cm³/mol. The molecule has 1 saturated heterocycles. The third-order valence-electron chi connectivity index (χ3n) is 4.62. The van der Waals surface area contributed by atoms with Gasteiger partial charge in [0, 0.05) is 38.6 Å². The van der Waals surface area contributed by atoms with Crippen LogP contribution in [0.3, 0.4) is 0 Å². The van der Waals surface area contributed by atoms with Crippen LogP contribution >= 0.6 is 0 Å². The minimum atomic E-state index is -0.248. The van der Waals surface area contributed by atoms with Crippen molar-refractivity contribution < 1.29 is 14.3 Å². The van der Waals surface area contributed by atoms with Crippen LogP contribution < -0.4 is 10.6 Å². The number of likely N-dealkylation sites (tertiary alicyclic amines) is 1. The van der Waals surface area contributed by atoms with Crippen molar-refractivity contribution in [2.75, 3.05) is 33.8 Å². The van der Waals surface area contributed by atoms with Crippen molar-refractivity contribution in [3.63, 3.8) is 0 Å². The van der Waals surface area contributed by atoms with Gasteiger partial charge in [-0.1, -0.05) is 12.8 Å². The van der Waals surface area contributed by atoms with E-state index in [-0.39, 0.29) is 17.9 Å². The van der Waals surface area contributed by atoms with Gasteiger partial charge in [0.1, 0.15) is 0 Å². The van der Waals surface area contributed by atoms with E-state index in [0.717, 1.165) is 32.4 Å². The monoisotopic (exact) mass is 324 g/mol. The van der Waals surface area contributed by atoms with Crippen LogP contribution in [0.2, 0.25) is 0 Å². The van der Waals surface area contributed by atoms with Gasteiger partial charge in [-0.3, -0.25) is 14.6 Å². The molecule has 7 nitrogen and oxygen atoms in total. The third-order valence-corrected chi connectivity index (χ3v) is 4.62. The molecule has 130 valence electrons. The van der Waals surface area contributed by atoms with Crippen LogP contribution in [-0.4, -0.2) is 62.6 Å². The van der Waals surface area contributed by atoms with Crippen LogP contribution in [-0.2, 0) is 14.3 Å². The Morgan fingerprint density at radius 2 is 2.00 bits per heavy atom. The van der Waals surface area contributed by atoms with E-state index in [9.17, 15) is 9.59 Å². The van der Waals surface area contributed by atoms with Crippen LogP contribution in [0, 0.1) is 5.92 Å². The summed E-state index contributed by atoms with van der Waals surface area (Å²) in [6, 6.07) is 0.213. The fourth-order valence-electron chi connectivity index (χ4n) is 3.28. The fraction of sp³-hybridized carbons (Fsp3) is 0.812. The average Bonchev–Trinajstić information content (AvgIpc) is 3.24. The molecule has 1 aliphatic carbocycles. The second kappa shape index (κ2) is 8.74. The summed E-state index contributed by atoms with van der Waals surface area (Å²) in [5.41, 5.74) is 0. The summed E-state index contributed by atoms with van der Waals surface area (Å²) < 4.78 is 4.60. The fourth-order valence-corrected chi connectivity index (χ4v) is 3.28. The molecule has 2 N–H and O–H groups in total. The van der Waals surface area contributed by atoms with Crippen LogP contribution in [0.4, 0.5) is 0 Å². The second-order valence-corrected chi connectivity index (χ2v) is 6.22. The molecule has 1 saturated carbocycles. The van der Waals surface area contributed by atoms with Gasteiger partial charge in [-0.15, -0.1) is 0 Å². The van der Waals surface area contributed by atoms with Gasteiger partial charge in [0.25, 0.3) is 0 Å². The summed E-state index contributed by atoms with van der Waals surface area (Å²) in [6.45, 7) is 2.02. The molecule has 23 heavy (non-hydrogen) atoms. The van der Waals surface area contributed by atoms with Gasteiger partial charge in [0.2, 0.25) is 5.91 Å². The molecular formula is C16H28N4O3. The number of hydrogen-bond acceptors (Lipinski definition) is 4. The summed E-state index contributed by atoms with van der Waals surface area (Å²) in [5, 5.41) is 6.42. The zero-order valence-electron chi connectivity index (χ0n) is 14.1. The molecule has 2 aliphatic rings. The van der Waals surface area contributed by atoms with E-state index in [1.165, 1.54) is 20.0 Å². The maximum atomic E-state index is 12.4. The van der Waals surface area contributed by atoms with Crippen LogP contribution in [0.5, 0.6) is 0 Å². The Labute approximate surface area is 137 Å². The lowest BCUT2D eigenvalue weighted by atomic mass is 10.1. The van der Waals surface area contributed by atoms with Crippen molar-refractivity contribution in [3.05, 3.63) is 0 Å². The normalized spacial score (nSPS) is 22.3. The van der Waals surface area contributed by atoms with E-state index >= 15 is 0 Å². The lowest BCUT2D eigenvalue weighted by molar-refractivity contribution is -0.140. The Hall–Kier alpha value is -1.79. The SMILES string of the molecule is CN=C(NCCC(=O)OC)NC1CCN(C(=O)C2CCCC2)C1. The predicted octanol–water partition coefficient (Wildman–Crippen LogP) is 0.506. The molecule has 1 unspecified atom stereocenters. The van der Waals surface area contributed by atoms with Gasteiger partial charge in [0.15, 0.2) is 5.96 Å². The molecule has 1 atom stereocenters. The molecule has 0 aromatic rings. The highest BCUT2D eigenvalue weighted by atomic mass is 16.5. The largest absolute Gasteiger partial charge is 0.469 e. The number of aliphatic imine (C=N–C) groups is 1. The molecule has 1 heterocycles. The third kappa shape index (κ3) is 5.11. The molecule has 0 aromatic carbocycles. The van der Waals surface area contributed by atoms with Crippen LogP contribution in [0.25, 0.3) is 0 Å². The molecule has 1 amide bonds. The summed E-state index contributed by atoms with van der Waals surface area (Å²) in [6.07, 6.45) is 5.68.